The first kappa shape index (κ1) is 18.1. The second-order valence-electron chi connectivity index (χ2n) is 7.28. The van der Waals surface area contributed by atoms with Crippen LogP contribution in [-0.2, 0) is 4.79 Å². The summed E-state index contributed by atoms with van der Waals surface area (Å²) < 4.78 is 0. The van der Waals surface area contributed by atoms with Crippen molar-refractivity contribution in [1.82, 2.24) is 9.88 Å². The highest BCUT2D eigenvalue weighted by Gasteiger charge is 2.30. The molecular weight excluding hydrogens is 330 g/mol. The number of likely N-dealkylation sites (tertiary alicyclic amines) is 1. The summed E-state index contributed by atoms with van der Waals surface area (Å²) in [6, 6.07) is 7.33. The van der Waals surface area contributed by atoms with Crippen LogP contribution in [0.25, 0.3) is 0 Å². The summed E-state index contributed by atoms with van der Waals surface area (Å²) in [5.74, 6) is 0.802. The van der Waals surface area contributed by atoms with Gasteiger partial charge in [-0.15, -0.1) is 11.3 Å². The average Bonchev–Trinajstić information content (AvgIpc) is 3.12. The van der Waals surface area contributed by atoms with Crippen LogP contribution in [0, 0.1) is 6.92 Å². The maximum atomic E-state index is 12.9. The third kappa shape index (κ3) is 4.10. The molecular formula is C20H27N3OS. The van der Waals surface area contributed by atoms with E-state index < -0.39 is 6.04 Å². The largest absolute Gasteiger partial charge is 0.340 e. The van der Waals surface area contributed by atoms with Crippen LogP contribution >= 0.6 is 11.3 Å². The predicted octanol–water partition coefficient (Wildman–Crippen LogP) is 3.98. The van der Waals surface area contributed by atoms with Gasteiger partial charge in [-0.2, -0.15) is 0 Å². The molecule has 1 amide bonds. The normalized spacial score (nSPS) is 19.2. The fourth-order valence-corrected chi connectivity index (χ4v) is 4.35. The van der Waals surface area contributed by atoms with Crippen LogP contribution in [0.15, 0.2) is 29.6 Å². The molecule has 3 rings (SSSR count). The Morgan fingerprint density at radius 1 is 1.32 bits per heavy atom. The minimum absolute atomic E-state index is 0.0224. The highest BCUT2D eigenvalue weighted by atomic mass is 32.1. The van der Waals surface area contributed by atoms with E-state index in [1.807, 2.05) is 36.1 Å². The van der Waals surface area contributed by atoms with Gasteiger partial charge >= 0.3 is 0 Å². The standard InChI is InChI=1S/C20H27N3OS/c1-13(2)17-12-25-19(22-17)16-5-4-10-23(11-16)20(24)18(21)15-8-6-14(3)7-9-15/h6-9,12-13,16,18H,4-5,10-11,21H2,1-3H3. The number of hydrogen-bond donors (Lipinski definition) is 1. The Morgan fingerprint density at radius 2 is 2.04 bits per heavy atom. The van der Waals surface area contributed by atoms with Gasteiger partial charge in [0, 0.05) is 24.4 Å². The van der Waals surface area contributed by atoms with Gasteiger partial charge in [-0.05, 0) is 31.2 Å². The van der Waals surface area contributed by atoms with E-state index in [1.165, 1.54) is 5.56 Å². The minimum atomic E-state index is -0.582. The topological polar surface area (TPSA) is 59.2 Å². The fraction of sp³-hybridized carbons (Fsp3) is 0.500. The number of carbonyl (C=O) groups is 1. The van der Waals surface area contributed by atoms with Crippen LogP contribution < -0.4 is 5.73 Å². The zero-order chi connectivity index (χ0) is 18.0. The van der Waals surface area contributed by atoms with Crippen LogP contribution in [0.5, 0.6) is 0 Å². The molecule has 1 saturated heterocycles. The van der Waals surface area contributed by atoms with Crippen LogP contribution in [0.4, 0.5) is 0 Å². The molecule has 2 N–H and O–H groups in total. The Morgan fingerprint density at radius 3 is 2.68 bits per heavy atom. The zero-order valence-electron chi connectivity index (χ0n) is 15.2. The molecule has 2 heterocycles. The summed E-state index contributed by atoms with van der Waals surface area (Å²) in [5.41, 5.74) is 9.45. The summed E-state index contributed by atoms with van der Waals surface area (Å²) in [4.78, 5) is 19.6. The van der Waals surface area contributed by atoms with Crippen LogP contribution in [0.2, 0.25) is 0 Å². The van der Waals surface area contributed by atoms with Gasteiger partial charge in [-0.25, -0.2) is 4.98 Å². The quantitative estimate of drug-likeness (QED) is 0.900. The molecule has 2 aromatic rings. The Bertz CT molecular complexity index is 723. The van der Waals surface area contributed by atoms with Gasteiger partial charge < -0.3 is 10.6 Å². The number of piperidine rings is 1. The number of benzene rings is 1. The first-order chi connectivity index (χ1) is 12.0. The zero-order valence-corrected chi connectivity index (χ0v) is 16.1. The van der Waals surface area contributed by atoms with E-state index in [4.69, 9.17) is 10.7 Å². The smallest absolute Gasteiger partial charge is 0.244 e. The number of hydrogen-bond acceptors (Lipinski definition) is 4. The van der Waals surface area contributed by atoms with Crippen molar-refractivity contribution >= 4 is 17.2 Å². The predicted molar refractivity (Wildman–Crippen MR) is 103 cm³/mol. The van der Waals surface area contributed by atoms with Gasteiger partial charge in [0.2, 0.25) is 5.91 Å². The van der Waals surface area contributed by atoms with Gasteiger partial charge in [0.15, 0.2) is 0 Å². The van der Waals surface area contributed by atoms with Crippen molar-refractivity contribution in [2.75, 3.05) is 13.1 Å². The van der Waals surface area contributed by atoms with Gasteiger partial charge in [0.1, 0.15) is 6.04 Å². The fourth-order valence-electron chi connectivity index (χ4n) is 3.25. The van der Waals surface area contributed by atoms with E-state index in [1.54, 1.807) is 11.3 Å². The van der Waals surface area contributed by atoms with Crippen LogP contribution in [0.3, 0.4) is 0 Å². The molecule has 1 aromatic heterocycles. The lowest BCUT2D eigenvalue weighted by Crippen LogP contribution is -2.43. The van der Waals surface area contributed by atoms with Crippen molar-refractivity contribution in [3.05, 3.63) is 51.5 Å². The van der Waals surface area contributed by atoms with Gasteiger partial charge in [0.05, 0.1) is 10.7 Å². The molecule has 1 aromatic carbocycles. The number of aromatic nitrogens is 1. The number of aryl methyl sites for hydroxylation is 1. The molecule has 0 saturated carbocycles. The third-order valence-corrected chi connectivity index (χ3v) is 5.94. The molecule has 0 radical (unpaired) electrons. The van der Waals surface area contributed by atoms with Gasteiger partial charge in [0.25, 0.3) is 0 Å². The van der Waals surface area contributed by atoms with Crippen molar-refractivity contribution in [2.45, 2.75) is 51.5 Å². The molecule has 0 aliphatic carbocycles. The number of nitrogens with two attached hydrogens (primary N) is 1. The molecule has 1 aliphatic heterocycles. The second kappa shape index (κ2) is 7.67. The van der Waals surface area contributed by atoms with Crippen molar-refractivity contribution in [3.8, 4) is 0 Å². The molecule has 0 spiro atoms. The summed E-state index contributed by atoms with van der Waals surface area (Å²) in [7, 11) is 0. The Balaban J connectivity index is 1.69. The maximum absolute atomic E-state index is 12.9. The number of nitrogens with zero attached hydrogens (tertiary/aromatic N) is 2. The van der Waals surface area contributed by atoms with E-state index in [-0.39, 0.29) is 5.91 Å². The minimum Gasteiger partial charge on any atom is -0.340 e. The third-order valence-electron chi connectivity index (χ3n) is 4.92. The molecule has 1 aliphatic rings. The van der Waals surface area contributed by atoms with E-state index in [0.717, 1.165) is 42.2 Å². The van der Waals surface area contributed by atoms with Crippen molar-refractivity contribution in [1.29, 1.82) is 0 Å². The van der Waals surface area contributed by atoms with Crippen LogP contribution in [0.1, 0.15) is 66.4 Å². The number of amides is 1. The lowest BCUT2D eigenvalue weighted by molar-refractivity contribution is -0.134. The molecule has 2 atom stereocenters. The molecule has 134 valence electrons. The molecule has 4 nitrogen and oxygen atoms in total. The number of carbonyl (C=O) groups excluding carboxylic acids is 1. The Labute approximate surface area is 154 Å². The lowest BCUT2D eigenvalue weighted by Gasteiger charge is -2.33. The molecule has 1 fully saturated rings. The molecule has 0 bridgehead atoms. The highest BCUT2D eigenvalue weighted by molar-refractivity contribution is 7.09. The van der Waals surface area contributed by atoms with Crippen molar-refractivity contribution in [3.63, 3.8) is 0 Å². The van der Waals surface area contributed by atoms with E-state index >= 15 is 0 Å². The number of rotatable bonds is 4. The summed E-state index contributed by atoms with van der Waals surface area (Å²) >= 11 is 1.72. The monoisotopic (exact) mass is 357 g/mol. The van der Waals surface area contributed by atoms with E-state index in [2.05, 4.69) is 19.2 Å². The SMILES string of the molecule is Cc1ccc(C(N)C(=O)N2CCCC(c3nc(C(C)C)cs3)C2)cc1. The van der Waals surface area contributed by atoms with E-state index in [0.29, 0.717) is 11.8 Å². The maximum Gasteiger partial charge on any atom is 0.244 e. The van der Waals surface area contributed by atoms with Crippen molar-refractivity contribution in [2.24, 2.45) is 5.73 Å². The molecule has 5 heteroatoms. The number of thiazole rings is 1. The Kier molecular flexibility index (Phi) is 5.54. The first-order valence-corrected chi connectivity index (χ1v) is 9.90. The lowest BCUT2D eigenvalue weighted by atomic mass is 9.97. The van der Waals surface area contributed by atoms with Gasteiger partial charge in [-0.3, -0.25) is 4.79 Å². The molecule has 2 unspecified atom stereocenters. The first-order valence-electron chi connectivity index (χ1n) is 9.02. The summed E-state index contributed by atoms with van der Waals surface area (Å²) in [6.45, 7) is 7.87. The Hall–Kier alpha value is -1.72. The summed E-state index contributed by atoms with van der Waals surface area (Å²) in [5, 5.41) is 3.31. The van der Waals surface area contributed by atoms with Gasteiger partial charge in [-0.1, -0.05) is 43.7 Å². The van der Waals surface area contributed by atoms with Crippen LogP contribution in [-0.4, -0.2) is 28.9 Å². The highest BCUT2D eigenvalue weighted by Crippen LogP contribution is 2.31. The second-order valence-corrected chi connectivity index (χ2v) is 8.17. The summed E-state index contributed by atoms with van der Waals surface area (Å²) in [6.07, 6.45) is 2.10. The van der Waals surface area contributed by atoms with E-state index in [9.17, 15) is 4.79 Å². The average molecular weight is 358 g/mol. The molecule has 25 heavy (non-hydrogen) atoms. The van der Waals surface area contributed by atoms with Crippen molar-refractivity contribution < 1.29 is 4.79 Å².